The van der Waals surface area contributed by atoms with Crippen molar-refractivity contribution >= 4 is 11.7 Å². The maximum atomic E-state index is 12.4. The van der Waals surface area contributed by atoms with Gasteiger partial charge in [-0.1, -0.05) is 0 Å². The minimum absolute atomic E-state index is 0.0854. The van der Waals surface area contributed by atoms with Crippen molar-refractivity contribution in [2.75, 3.05) is 31.1 Å². The lowest BCUT2D eigenvalue weighted by Gasteiger charge is -2.29. The van der Waals surface area contributed by atoms with Gasteiger partial charge < -0.3 is 15.5 Å². The van der Waals surface area contributed by atoms with Gasteiger partial charge in [0.15, 0.2) is 11.5 Å². The van der Waals surface area contributed by atoms with Crippen molar-refractivity contribution in [2.45, 2.75) is 38.1 Å². The number of hydrogen-bond acceptors (Lipinski definition) is 5. The quantitative estimate of drug-likeness (QED) is 0.867. The van der Waals surface area contributed by atoms with Crippen LogP contribution >= 0.6 is 0 Å². The zero-order valence-corrected chi connectivity index (χ0v) is 12.3. The molecule has 0 unspecified atom stereocenters. The average molecular weight is 289 g/mol. The molecule has 6 nitrogen and oxygen atoms in total. The highest BCUT2D eigenvalue weighted by atomic mass is 16.2. The minimum Gasteiger partial charge on any atom is -0.353 e. The van der Waals surface area contributed by atoms with Crippen LogP contribution in [0.25, 0.3) is 0 Å². The van der Waals surface area contributed by atoms with E-state index >= 15 is 0 Å². The second-order valence-electron chi connectivity index (χ2n) is 5.77. The van der Waals surface area contributed by atoms with Crippen LogP contribution in [0, 0.1) is 0 Å². The van der Waals surface area contributed by atoms with Crippen molar-refractivity contribution < 1.29 is 4.79 Å². The fourth-order valence-electron chi connectivity index (χ4n) is 2.74. The van der Waals surface area contributed by atoms with Gasteiger partial charge in [-0.25, -0.2) is 9.97 Å². The maximum absolute atomic E-state index is 12.4. The first-order valence-corrected chi connectivity index (χ1v) is 7.92. The van der Waals surface area contributed by atoms with Crippen molar-refractivity contribution in [1.29, 1.82) is 0 Å². The van der Waals surface area contributed by atoms with Crippen LogP contribution in [0.2, 0.25) is 0 Å². The van der Waals surface area contributed by atoms with E-state index in [1.165, 1.54) is 6.42 Å². The lowest BCUT2D eigenvalue weighted by atomic mass is 9.93. The highest BCUT2D eigenvalue weighted by molar-refractivity contribution is 5.97. The molecular weight excluding hydrogens is 266 g/mol. The van der Waals surface area contributed by atoms with E-state index in [4.69, 9.17) is 0 Å². The van der Waals surface area contributed by atoms with Crippen molar-refractivity contribution in [1.82, 2.24) is 20.6 Å². The van der Waals surface area contributed by atoms with E-state index in [0.29, 0.717) is 11.7 Å². The topological polar surface area (TPSA) is 70.2 Å². The van der Waals surface area contributed by atoms with Gasteiger partial charge in [0, 0.05) is 38.1 Å². The fraction of sp³-hybridized carbons (Fsp3) is 0.667. The molecule has 2 aliphatic rings. The van der Waals surface area contributed by atoms with Crippen LogP contribution in [0.4, 0.5) is 5.82 Å². The fourth-order valence-corrected chi connectivity index (χ4v) is 2.74. The Morgan fingerprint density at radius 2 is 2.00 bits per heavy atom. The minimum atomic E-state index is -0.0854. The second kappa shape index (κ2) is 6.85. The van der Waals surface area contributed by atoms with Gasteiger partial charge in [-0.15, -0.1) is 0 Å². The Labute approximate surface area is 125 Å². The van der Waals surface area contributed by atoms with Crippen LogP contribution in [0.5, 0.6) is 0 Å². The molecule has 0 spiro atoms. The summed E-state index contributed by atoms with van der Waals surface area (Å²) in [4.78, 5) is 23.3. The Kier molecular flexibility index (Phi) is 4.65. The first kappa shape index (κ1) is 14.3. The normalized spacial score (nSPS) is 20.3. The number of amides is 1. The SMILES string of the molecule is O=C(NC1CCC1)c1nccnc1N1CCCCNCC1. The molecule has 1 saturated carbocycles. The van der Waals surface area contributed by atoms with E-state index in [0.717, 1.165) is 57.7 Å². The molecule has 1 aromatic heterocycles. The summed E-state index contributed by atoms with van der Waals surface area (Å²) in [6.07, 6.45) is 8.89. The first-order valence-electron chi connectivity index (χ1n) is 7.92. The maximum Gasteiger partial charge on any atom is 0.273 e. The predicted molar refractivity (Wildman–Crippen MR) is 81.5 cm³/mol. The van der Waals surface area contributed by atoms with E-state index < -0.39 is 0 Å². The first-order chi connectivity index (χ1) is 10.3. The monoisotopic (exact) mass is 289 g/mol. The van der Waals surface area contributed by atoms with E-state index in [2.05, 4.69) is 25.5 Å². The Morgan fingerprint density at radius 1 is 1.14 bits per heavy atom. The molecule has 1 amide bonds. The summed E-state index contributed by atoms with van der Waals surface area (Å²) in [7, 11) is 0. The third-order valence-corrected chi connectivity index (χ3v) is 4.22. The lowest BCUT2D eigenvalue weighted by molar-refractivity contribution is 0.0912. The van der Waals surface area contributed by atoms with Gasteiger partial charge in [0.25, 0.3) is 5.91 Å². The molecule has 0 atom stereocenters. The molecule has 6 heteroatoms. The Hall–Kier alpha value is -1.69. The summed E-state index contributed by atoms with van der Waals surface area (Å²) in [6.45, 7) is 3.79. The van der Waals surface area contributed by atoms with Gasteiger partial charge in [-0.05, 0) is 38.6 Å². The van der Waals surface area contributed by atoms with E-state index in [1.807, 2.05) is 0 Å². The Morgan fingerprint density at radius 3 is 2.81 bits per heavy atom. The molecule has 0 radical (unpaired) electrons. The van der Waals surface area contributed by atoms with Crippen LogP contribution in [-0.4, -0.2) is 48.1 Å². The van der Waals surface area contributed by atoms with Gasteiger partial charge in [0.1, 0.15) is 0 Å². The van der Waals surface area contributed by atoms with Crippen molar-refractivity contribution in [3.63, 3.8) is 0 Å². The molecule has 2 N–H and O–H groups in total. The van der Waals surface area contributed by atoms with Gasteiger partial charge in [-0.3, -0.25) is 4.79 Å². The molecule has 0 bridgehead atoms. The van der Waals surface area contributed by atoms with Crippen LogP contribution in [0.3, 0.4) is 0 Å². The highest BCUT2D eigenvalue weighted by Gasteiger charge is 2.24. The summed E-state index contributed by atoms with van der Waals surface area (Å²) in [5.74, 6) is 0.635. The molecule has 1 aromatic rings. The van der Waals surface area contributed by atoms with Crippen molar-refractivity contribution in [2.24, 2.45) is 0 Å². The molecule has 1 aliphatic carbocycles. The molecule has 1 saturated heterocycles. The number of nitrogens with zero attached hydrogens (tertiary/aromatic N) is 3. The van der Waals surface area contributed by atoms with Gasteiger partial charge >= 0.3 is 0 Å². The lowest BCUT2D eigenvalue weighted by Crippen LogP contribution is -2.42. The van der Waals surface area contributed by atoms with Crippen LogP contribution in [0.1, 0.15) is 42.6 Å². The number of rotatable bonds is 3. The molecular formula is C15H23N5O. The number of carbonyl (C=O) groups is 1. The van der Waals surface area contributed by atoms with Crippen LogP contribution in [-0.2, 0) is 0 Å². The summed E-state index contributed by atoms with van der Waals surface area (Å²) >= 11 is 0. The van der Waals surface area contributed by atoms with Crippen LogP contribution < -0.4 is 15.5 Å². The third-order valence-electron chi connectivity index (χ3n) is 4.22. The molecule has 2 fully saturated rings. The molecule has 2 heterocycles. The van der Waals surface area contributed by atoms with Crippen molar-refractivity contribution in [3.05, 3.63) is 18.1 Å². The van der Waals surface area contributed by atoms with E-state index in [-0.39, 0.29) is 5.91 Å². The zero-order valence-electron chi connectivity index (χ0n) is 12.3. The Bertz CT molecular complexity index is 481. The smallest absolute Gasteiger partial charge is 0.273 e. The van der Waals surface area contributed by atoms with Crippen LogP contribution in [0.15, 0.2) is 12.4 Å². The molecule has 0 aromatic carbocycles. The zero-order chi connectivity index (χ0) is 14.5. The molecule has 3 rings (SSSR count). The largest absolute Gasteiger partial charge is 0.353 e. The van der Waals surface area contributed by atoms with E-state index in [1.54, 1.807) is 12.4 Å². The third kappa shape index (κ3) is 3.50. The molecule has 114 valence electrons. The average Bonchev–Trinajstić information content (AvgIpc) is 2.42. The summed E-state index contributed by atoms with van der Waals surface area (Å²) in [6, 6.07) is 0.321. The molecule has 21 heavy (non-hydrogen) atoms. The summed E-state index contributed by atoms with van der Waals surface area (Å²) in [5, 5.41) is 6.45. The standard InChI is InChI=1S/C15H23N5O/c21-15(19-12-4-3-5-12)13-14(18-8-7-17-13)20-10-2-1-6-16-9-11-20/h7-8,12,16H,1-6,9-11H2,(H,19,21). The second-order valence-corrected chi connectivity index (χ2v) is 5.77. The number of anilines is 1. The summed E-state index contributed by atoms with van der Waals surface area (Å²) < 4.78 is 0. The van der Waals surface area contributed by atoms with Gasteiger partial charge in [-0.2, -0.15) is 0 Å². The van der Waals surface area contributed by atoms with Crippen molar-refractivity contribution in [3.8, 4) is 0 Å². The predicted octanol–water partition coefficient (Wildman–Crippen LogP) is 0.949. The number of carbonyl (C=O) groups excluding carboxylic acids is 1. The number of aromatic nitrogens is 2. The summed E-state index contributed by atoms with van der Waals surface area (Å²) in [5.41, 5.74) is 0.463. The molecule has 1 aliphatic heterocycles. The van der Waals surface area contributed by atoms with Gasteiger partial charge in [0.05, 0.1) is 0 Å². The van der Waals surface area contributed by atoms with Gasteiger partial charge in [0.2, 0.25) is 0 Å². The number of nitrogens with one attached hydrogen (secondary N) is 2. The number of hydrogen-bond donors (Lipinski definition) is 2. The highest BCUT2D eigenvalue weighted by Crippen LogP contribution is 2.20. The van der Waals surface area contributed by atoms with E-state index in [9.17, 15) is 4.79 Å². The Balaban J connectivity index is 1.75.